The van der Waals surface area contributed by atoms with Crippen LogP contribution in [0.2, 0.25) is 18.1 Å². The van der Waals surface area contributed by atoms with Crippen molar-refractivity contribution in [2.75, 3.05) is 51.3 Å². The second-order valence-electron chi connectivity index (χ2n) is 21.9. The highest BCUT2D eigenvalue weighted by atomic mass is 31.2. The number of hydrogen-bond donors (Lipinski definition) is 2. The van der Waals surface area contributed by atoms with Gasteiger partial charge in [-0.2, -0.15) is 15.2 Å². The molecule has 2 amide bonds. The highest BCUT2D eigenvalue weighted by Gasteiger charge is 2.55. The number of anilines is 2. The van der Waals surface area contributed by atoms with E-state index in [-0.39, 0.29) is 72.9 Å². The molecule has 0 bridgehead atoms. The molecule has 2 aromatic heterocycles. The first kappa shape index (κ1) is 61.7. The maximum absolute atomic E-state index is 13.8. The molecule has 0 radical (unpaired) electrons. The fourth-order valence-electron chi connectivity index (χ4n) is 9.42. The molecule has 7 aromatic rings. The van der Waals surface area contributed by atoms with Crippen molar-refractivity contribution in [2.24, 2.45) is 0 Å². The summed E-state index contributed by atoms with van der Waals surface area (Å²) < 4.78 is 63.7. The molecule has 21 heteroatoms. The van der Waals surface area contributed by atoms with E-state index in [1.54, 1.807) is 73.6 Å². The molecular formula is C62H75N8O11PSi. The zero-order valence-corrected chi connectivity index (χ0v) is 50.9. The molecule has 3 heterocycles. The molecule has 0 spiro atoms. The van der Waals surface area contributed by atoms with Crippen molar-refractivity contribution in [1.82, 2.24) is 24.2 Å². The van der Waals surface area contributed by atoms with Crippen molar-refractivity contribution in [3.63, 3.8) is 0 Å². The quantitative estimate of drug-likeness (QED) is 0.0212. The molecule has 83 heavy (non-hydrogen) atoms. The summed E-state index contributed by atoms with van der Waals surface area (Å²) in [5.74, 6) is 1.04. The zero-order chi connectivity index (χ0) is 59.3. The summed E-state index contributed by atoms with van der Waals surface area (Å²) in [6, 6.07) is 45.5. The van der Waals surface area contributed by atoms with Gasteiger partial charge in [-0.1, -0.05) is 112 Å². The minimum atomic E-state index is -2.81. The summed E-state index contributed by atoms with van der Waals surface area (Å²) in [7, 11) is -1.49. The molecule has 1 unspecified atom stereocenters. The smallest absolute Gasteiger partial charge is 0.264 e. The Morgan fingerprint density at radius 2 is 1.24 bits per heavy atom. The van der Waals surface area contributed by atoms with Gasteiger partial charge in [0.2, 0.25) is 5.95 Å². The molecule has 5 aromatic carbocycles. The van der Waals surface area contributed by atoms with Gasteiger partial charge in [-0.3, -0.25) is 19.5 Å². The third-order valence-corrected chi connectivity index (χ3v) is 21.1. The lowest BCUT2D eigenvalue weighted by atomic mass is 9.80. The molecular weight excluding hydrogens is 1090 g/mol. The van der Waals surface area contributed by atoms with Crippen LogP contribution in [0.15, 0.2) is 146 Å². The number of fused-ring (bicyclic) bond motifs is 1. The highest BCUT2D eigenvalue weighted by molar-refractivity contribution is 7.44. The Bertz CT molecular complexity index is 3200. The van der Waals surface area contributed by atoms with Gasteiger partial charge in [0, 0.05) is 12.1 Å². The average molecular weight is 1170 g/mol. The summed E-state index contributed by atoms with van der Waals surface area (Å²) in [5, 5.41) is 15.1. The van der Waals surface area contributed by atoms with Gasteiger partial charge in [-0.05, 0) is 111 Å². The molecule has 1 fully saturated rings. The van der Waals surface area contributed by atoms with Crippen molar-refractivity contribution in [3.8, 4) is 29.1 Å². The Labute approximate surface area is 488 Å². The van der Waals surface area contributed by atoms with Crippen molar-refractivity contribution < 1.29 is 51.5 Å². The summed E-state index contributed by atoms with van der Waals surface area (Å²) in [6.45, 7) is 18.4. The molecule has 0 aliphatic carbocycles. The van der Waals surface area contributed by atoms with Crippen LogP contribution in [0.3, 0.4) is 0 Å². The number of amides is 2. The Morgan fingerprint density at radius 1 is 0.723 bits per heavy atom. The molecule has 1 aliphatic heterocycles. The maximum atomic E-state index is 13.8. The van der Waals surface area contributed by atoms with E-state index in [4.69, 9.17) is 51.9 Å². The van der Waals surface area contributed by atoms with E-state index in [1.807, 2.05) is 91.0 Å². The van der Waals surface area contributed by atoms with Crippen LogP contribution >= 0.6 is 8.53 Å². The van der Waals surface area contributed by atoms with Gasteiger partial charge in [-0.25, -0.2) is 9.65 Å². The first-order valence-electron chi connectivity index (χ1n) is 27.6. The minimum absolute atomic E-state index is 0.00668. The molecule has 8 rings (SSSR count). The lowest BCUT2D eigenvalue weighted by molar-refractivity contribution is -0.118. The number of nitrogens with zero attached hydrogens (tertiary/aromatic N) is 6. The zero-order valence-electron chi connectivity index (χ0n) is 49.0. The van der Waals surface area contributed by atoms with Crippen LogP contribution in [-0.4, -0.2) is 115 Å². The molecule has 0 saturated carbocycles. The summed E-state index contributed by atoms with van der Waals surface area (Å²) in [4.78, 5) is 41.9. The molecule has 1 aliphatic rings. The topological polar surface area (TPSA) is 212 Å². The number of rotatable bonds is 27. The van der Waals surface area contributed by atoms with Crippen molar-refractivity contribution in [1.29, 1.82) is 5.26 Å². The van der Waals surface area contributed by atoms with Crippen LogP contribution < -0.4 is 29.6 Å². The van der Waals surface area contributed by atoms with E-state index in [1.165, 1.54) is 0 Å². The number of benzene rings is 5. The second kappa shape index (κ2) is 27.8. The molecule has 438 valence electrons. The number of carbonyl (C=O) groups is 2. The molecule has 2 N–H and O–H groups in total. The standard InChI is InChI=1S/C62H75N8O11PSi/c1-42(2)70(43(3)4)82(78-37-21-36-63)80-55-51(38-77-62(44-22-15-12-16-23-44,45-28-32-47(73-8)33-29-45)46-30-34-48(74-9)35-31-46)79-59(56(55)81-83(10,11)61(5,6)7)69-41-64-54-57(65-52(71)39-75-49-24-17-13-18-25-49)67-60(68-58(54)69)66-53(72)40-76-50-26-19-14-20-27-50/h12-20,22-35,41-43,51,55-56,59H,21,37-40H2,1-11H3,(H2,65,66,67,68,71,72)/t51-,55-,56-,59-,82?/m1/s1. The van der Waals surface area contributed by atoms with Gasteiger partial charge in [0.15, 0.2) is 44.7 Å². The summed E-state index contributed by atoms with van der Waals surface area (Å²) >= 11 is 0. The summed E-state index contributed by atoms with van der Waals surface area (Å²) in [6.07, 6.45) is -2.17. The Kier molecular flexibility index (Phi) is 20.7. The van der Waals surface area contributed by atoms with Crippen LogP contribution in [0.4, 0.5) is 11.8 Å². The van der Waals surface area contributed by atoms with Gasteiger partial charge in [0.25, 0.3) is 20.3 Å². The average Bonchev–Trinajstić information content (AvgIpc) is 2.77. The van der Waals surface area contributed by atoms with Crippen molar-refractivity contribution in [2.45, 2.75) is 115 Å². The van der Waals surface area contributed by atoms with E-state index in [2.05, 4.69) is 87.9 Å². The number of methoxy groups -OCH3 is 2. The lowest BCUT2D eigenvalue weighted by Crippen LogP contribution is -2.50. The number of aromatic nitrogens is 4. The van der Waals surface area contributed by atoms with Gasteiger partial charge >= 0.3 is 0 Å². The Morgan fingerprint density at radius 3 is 1.75 bits per heavy atom. The number of hydrogen-bond acceptors (Lipinski definition) is 16. The normalized spacial score (nSPS) is 16.9. The second-order valence-corrected chi connectivity index (χ2v) is 28.0. The van der Waals surface area contributed by atoms with Gasteiger partial charge < -0.3 is 47.2 Å². The first-order valence-corrected chi connectivity index (χ1v) is 31.7. The highest BCUT2D eigenvalue weighted by Crippen LogP contribution is 2.53. The van der Waals surface area contributed by atoms with Crippen LogP contribution in [0, 0.1) is 11.3 Å². The van der Waals surface area contributed by atoms with Crippen LogP contribution in [0.1, 0.15) is 77.8 Å². The third-order valence-electron chi connectivity index (χ3n) is 14.5. The number of nitrogens with one attached hydrogen (secondary N) is 2. The minimum Gasteiger partial charge on any atom is -0.497 e. The maximum Gasteiger partial charge on any atom is 0.264 e. The van der Waals surface area contributed by atoms with E-state index in [0.717, 1.165) is 16.7 Å². The van der Waals surface area contributed by atoms with Crippen molar-refractivity contribution in [3.05, 3.63) is 163 Å². The van der Waals surface area contributed by atoms with Gasteiger partial charge in [0.1, 0.15) is 46.9 Å². The predicted molar refractivity (Wildman–Crippen MR) is 321 cm³/mol. The fourth-order valence-corrected chi connectivity index (χ4v) is 12.5. The molecule has 19 nitrogen and oxygen atoms in total. The van der Waals surface area contributed by atoms with Crippen LogP contribution in [0.25, 0.3) is 11.2 Å². The fraction of sp³-hybridized carbons (Fsp3) is 0.387. The first-order chi connectivity index (χ1) is 39.8. The molecule has 5 atom stereocenters. The van der Waals surface area contributed by atoms with E-state index in [0.29, 0.717) is 23.0 Å². The van der Waals surface area contributed by atoms with Crippen LogP contribution in [-0.2, 0) is 38.1 Å². The number of ether oxygens (including phenoxy) is 6. The van der Waals surface area contributed by atoms with E-state index in [9.17, 15) is 14.9 Å². The molecule has 1 saturated heterocycles. The Balaban J connectivity index is 1.30. The SMILES string of the molecule is COc1ccc(C(OC[C@H]2O[C@@H](n3cnc4c(NC(=O)COc5ccccc5)nc(NC(=O)COc5ccccc5)nc43)[C@H](O[Si](C)(C)C(C)(C)C)[C@@H]2OP(OCCC#N)N(C(C)C)C(C)C)(c2ccccc2)c2ccc(OC)cc2)cc1. The van der Waals surface area contributed by atoms with Crippen molar-refractivity contribution >= 4 is 51.6 Å². The largest absolute Gasteiger partial charge is 0.497 e. The van der Waals surface area contributed by atoms with E-state index < -0.39 is 58.8 Å². The lowest BCUT2D eigenvalue weighted by Gasteiger charge is -2.42. The number of nitriles is 1. The predicted octanol–water partition coefficient (Wildman–Crippen LogP) is 11.8. The summed E-state index contributed by atoms with van der Waals surface area (Å²) in [5.41, 5.74) is 1.51. The van der Waals surface area contributed by atoms with Gasteiger partial charge in [0.05, 0.1) is 46.3 Å². The van der Waals surface area contributed by atoms with Crippen LogP contribution in [0.5, 0.6) is 23.0 Å². The monoisotopic (exact) mass is 1170 g/mol. The third kappa shape index (κ3) is 14.9. The van der Waals surface area contributed by atoms with Gasteiger partial charge in [-0.15, -0.1) is 0 Å². The number of para-hydroxylation sites is 2. The van der Waals surface area contributed by atoms with E-state index >= 15 is 0 Å². The number of imidazole rings is 1. The number of carbonyl (C=O) groups excluding carboxylic acids is 2. The Hall–Kier alpha value is -7.31.